The summed E-state index contributed by atoms with van der Waals surface area (Å²) < 4.78 is 5.97. The number of rotatable bonds is 2. The highest BCUT2D eigenvalue weighted by molar-refractivity contribution is 5.88. The third kappa shape index (κ3) is 2.17. The highest BCUT2D eigenvalue weighted by Gasteiger charge is 2.09. The van der Waals surface area contributed by atoms with Gasteiger partial charge in [-0.3, -0.25) is 9.32 Å². The predicted octanol–water partition coefficient (Wildman–Crippen LogP) is 0.203. The standard InChI is InChI=1S/C10H9N3O3/c1-7(14)11-8-2-4-9(5-3-8)13-6-10(15)16-12-13/h2-6H,1H3,(H-,11,12,14,15)/p+1. The Morgan fingerprint density at radius 1 is 1.38 bits per heavy atom. The molecule has 16 heavy (non-hydrogen) atoms. The fourth-order valence-corrected chi connectivity index (χ4v) is 1.29. The fourth-order valence-electron chi connectivity index (χ4n) is 1.29. The maximum absolute atomic E-state index is 10.8. The minimum Gasteiger partial charge on any atom is -0.326 e. The molecule has 2 N–H and O–H groups in total. The summed E-state index contributed by atoms with van der Waals surface area (Å²) in [7, 11) is 0. The zero-order chi connectivity index (χ0) is 11.5. The van der Waals surface area contributed by atoms with Gasteiger partial charge in [0.05, 0.1) is 0 Å². The van der Waals surface area contributed by atoms with E-state index in [2.05, 4.69) is 15.1 Å². The van der Waals surface area contributed by atoms with Crippen LogP contribution in [0.3, 0.4) is 0 Å². The first kappa shape index (κ1) is 10.2. The number of aromatic amines is 1. The molecule has 1 aromatic heterocycles. The maximum atomic E-state index is 10.8. The molecular formula is C10H10N3O3+. The van der Waals surface area contributed by atoms with Crippen LogP contribution in [0.5, 0.6) is 0 Å². The lowest BCUT2D eigenvalue weighted by Gasteiger charge is -1.99. The van der Waals surface area contributed by atoms with Crippen molar-refractivity contribution in [3.63, 3.8) is 0 Å². The lowest BCUT2D eigenvalue weighted by Crippen LogP contribution is -2.32. The van der Waals surface area contributed by atoms with Gasteiger partial charge in [0.15, 0.2) is 0 Å². The van der Waals surface area contributed by atoms with Crippen LogP contribution in [0.2, 0.25) is 0 Å². The summed E-state index contributed by atoms with van der Waals surface area (Å²) in [5.74, 6) is -0.128. The molecule has 1 heterocycles. The summed E-state index contributed by atoms with van der Waals surface area (Å²) in [6, 6.07) is 6.96. The van der Waals surface area contributed by atoms with Crippen molar-refractivity contribution in [2.24, 2.45) is 0 Å². The summed E-state index contributed by atoms with van der Waals surface area (Å²) in [5, 5.41) is 5.07. The average molecular weight is 220 g/mol. The number of anilines is 1. The molecule has 0 aliphatic heterocycles. The minimum atomic E-state index is -0.453. The van der Waals surface area contributed by atoms with Crippen LogP contribution in [0.4, 0.5) is 5.69 Å². The highest BCUT2D eigenvalue weighted by Crippen LogP contribution is 2.08. The Labute approximate surface area is 90.5 Å². The third-order valence-electron chi connectivity index (χ3n) is 1.94. The molecule has 1 aromatic carbocycles. The fraction of sp³-hybridized carbons (Fsp3) is 0.100. The lowest BCUT2D eigenvalue weighted by molar-refractivity contribution is -0.670. The molecule has 82 valence electrons. The molecule has 0 aliphatic rings. The molecule has 2 aromatic rings. The van der Waals surface area contributed by atoms with Crippen LogP contribution in [-0.4, -0.2) is 11.2 Å². The molecule has 0 unspecified atom stereocenters. The Bertz CT molecular complexity index is 553. The second-order valence-electron chi connectivity index (χ2n) is 3.24. The van der Waals surface area contributed by atoms with E-state index in [0.717, 1.165) is 5.69 Å². The second-order valence-corrected chi connectivity index (χ2v) is 3.24. The smallest absolute Gasteiger partial charge is 0.326 e. The third-order valence-corrected chi connectivity index (χ3v) is 1.94. The van der Waals surface area contributed by atoms with Gasteiger partial charge in [0.1, 0.15) is 0 Å². The first-order chi connectivity index (χ1) is 7.65. The number of nitrogens with zero attached hydrogens (tertiary/aromatic N) is 1. The number of H-pyrrole nitrogens is 1. The van der Waals surface area contributed by atoms with E-state index >= 15 is 0 Å². The number of amides is 1. The molecule has 0 spiro atoms. The van der Waals surface area contributed by atoms with Gasteiger partial charge in [-0.1, -0.05) is 0 Å². The summed E-state index contributed by atoms with van der Waals surface area (Å²) in [4.78, 5) is 21.6. The molecule has 0 aliphatic carbocycles. The molecule has 0 saturated heterocycles. The Morgan fingerprint density at radius 2 is 2.06 bits per heavy atom. The van der Waals surface area contributed by atoms with Gasteiger partial charge < -0.3 is 5.32 Å². The van der Waals surface area contributed by atoms with Crippen molar-refractivity contribution in [2.45, 2.75) is 6.92 Å². The van der Waals surface area contributed by atoms with Crippen LogP contribution in [0.1, 0.15) is 6.92 Å². The summed E-state index contributed by atoms with van der Waals surface area (Å²) in [6.45, 7) is 1.44. The number of carbonyl (C=O) groups excluding carboxylic acids is 1. The summed E-state index contributed by atoms with van der Waals surface area (Å²) in [5.41, 5.74) is 0.980. The van der Waals surface area contributed by atoms with E-state index in [9.17, 15) is 9.59 Å². The van der Waals surface area contributed by atoms with E-state index in [-0.39, 0.29) is 5.91 Å². The van der Waals surface area contributed by atoms with Crippen molar-refractivity contribution in [3.05, 3.63) is 40.9 Å². The first-order valence-corrected chi connectivity index (χ1v) is 4.63. The molecule has 2 rings (SSSR count). The monoisotopic (exact) mass is 220 g/mol. The van der Waals surface area contributed by atoms with E-state index in [4.69, 9.17) is 0 Å². The zero-order valence-corrected chi connectivity index (χ0v) is 8.56. The average Bonchev–Trinajstić information content (AvgIpc) is 2.65. The molecule has 0 atom stereocenters. The van der Waals surface area contributed by atoms with Crippen LogP contribution in [0, 0.1) is 0 Å². The molecule has 6 heteroatoms. The number of benzene rings is 1. The number of nitrogens with one attached hydrogen (secondary N) is 2. The van der Waals surface area contributed by atoms with Gasteiger partial charge in [-0.05, 0) is 22.1 Å². The maximum Gasteiger partial charge on any atom is 0.427 e. The quantitative estimate of drug-likeness (QED) is 0.710. The van der Waals surface area contributed by atoms with E-state index in [1.165, 1.54) is 17.8 Å². The molecule has 0 saturated carbocycles. The first-order valence-electron chi connectivity index (χ1n) is 4.63. The number of hydrogen-bond acceptors (Lipinski definition) is 3. The summed E-state index contributed by atoms with van der Waals surface area (Å²) >= 11 is 0. The normalized spacial score (nSPS) is 10.1. The van der Waals surface area contributed by atoms with Gasteiger partial charge >= 0.3 is 5.63 Å². The van der Waals surface area contributed by atoms with Gasteiger partial charge in [-0.25, -0.2) is 4.79 Å². The summed E-state index contributed by atoms with van der Waals surface area (Å²) in [6.07, 6.45) is 1.29. The molecule has 0 fully saturated rings. The molecular weight excluding hydrogens is 210 g/mol. The topological polar surface area (TPSA) is 79.0 Å². The Hall–Kier alpha value is -2.37. The Kier molecular flexibility index (Phi) is 2.55. The molecule has 0 radical (unpaired) electrons. The van der Waals surface area contributed by atoms with Crippen molar-refractivity contribution in [1.82, 2.24) is 5.27 Å². The van der Waals surface area contributed by atoms with Crippen LogP contribution in [0.15, 0.2) is 39.8 Å². The van der Waals surface area contributed by atoms with E-state index in [1.54, 1.807) is 24.3 Å². The van der Waals surface area contributed by atoms with Crippen molar-refractivity contribution < 1.29 is 14.0 Å². The van der Waals surface area contributed by atoms with Crippen LogP contribution >= 0.6 is 0 Å². The number of carbonyl (C=O) groups is 1. The van der Waals surface area contributed by atoms with Crippen molar-refractivity contribution in [3.8, 4) is 5.69 Å². The van der Waals surface area contributed by atoms with Crippen molar-refractivity contribution in [2.75, 3.05) is 5.32 Å². The largest absolute Gasteiger partial charge is 0.427 e. The van der Waals surface area contributed by atoms with Crippen molar-refractivity contribution >= 4 is 11.6 Å². The van der Waals surface area contributed by atoms with Crippen LogP contribution in [0.25, 0.3) is 5.69 Å². The molecule has 1 amide bonds. The van der Waals surface area contributed by atoms with Crippen LogP contribution < -0.4 is 15.6 Å². The zero-order valence-electron chi connectivity index (χ0n) is 8.56. The SMILES string of the molecule is CC(=O)Nc1ccc(-[n+]2cc(=O)o[nH]2)cc1. The highest BCUT2D eigenvalue weighted by atomic mass is 16.5. The predicted molar refractivity (Wildman–Crippen MR) is 55.2 cm³/mol. The van der Waals surface area contributed by atoms with Crippen molar-refractivity contribution in [1.29, 1.82) is 0 Å². The van der Waals surface area contributed by atoms with Gasteiger partial charge in [0.2, 0.25) is 11.6 Å². The van der Waals surface area contributed by atoms with Gasteiger partial charge in [-0.2, -0.15) is 0 Å². The van der Waals surface area contributed by atoms with E-state index < -0.39 is 5.63 Å². The van der Waals surface area contributed by atoms with Gasteiger partial charge in [0, 0.05) is 24.7 Å². The van der Waals surface area contributed by atoms with E-state index in [1.807, 2.05) is 0 Å². The molecule has 0 bridgehead atoms. The van der Waals surface area contributed by atoms with Gasteiger partial charge in [0.25, 0.3) is 6.20 Å². The van der Waals surface area contributed by atoms with Gasteiger partial charge in [-0.15, -0.1) is 0 Å². The minimum absolute atomic E-state index is 0.128. The Morgan fingerprint density at radius 3 is 2.56 bits per heavy atom. The number of aromatic nitrogens is 2. The van der Waals surface area contributed by atoms with E-state index in [0.29, 0.717) is 5.69 Å². The lowest BCUT2D eigenvalue weighted by atomic mass is 10.3. The molecule has 6 nitrogen and oxygen atoms in total. The second kappa shape index (κ2) is 4.01. The van der Waals surface area contributed by atoms with Crippen LogP contribution in [-0.2, 0) is 4.79 Å². The Balaban J connectivity index is 2.25. The number of hydrogen-bond donors (Lipinski definition) is 2.